The molecule has 2 saturated heterocycles. The second-order valence-electron chi connectivity index (χ2n) is 6.66. The maximum Gasteiger partial charge on any atom is 0.323 e. The smallest absolute Gasteiger partial charge is 0.318 e. The van der Waals surface area contributed by atoms with Gasteiger partial charge in [-0.3, -0.25) is 5.32 Å². The summed E-state index contributed by atoms with van der Waals surface area (Å²) >= 11 is 0. The zero-order valence-electron chi connectivity index (χ0n) is 13.3. The first-order chi connectivity index (χ1) is 11.1. The van der Waals surface area contributed by atoms with E-state index in [0.717, 1.165) is 36.4 Å². The molecule has 2 amide bonds. The molecule has 2 aliphatic heterocycles. The summed E-state index contributed by atoms with van der Waals surface area (Å²) in [6, 6.07) is 2.58. The normalized spacial score (nSPS) is 25.8. The highest BCUT2D eigenvalue weighted by Crippen LogP contribution is 2.41. The average molecular weight is 312 g/mol. The van der Waals surface area contributed by atoms with Crippen LogP contribution in [0.1, 0.15) is 31.7 Å². The number of hydrogen-bond donors (Lipinski definition) is 1. The number of urea groups is 1. The minimum Gasteiger partial charge on any atom is -0.318 e. The van der Waals surface area contributed by atoms with Crippen molar-refractivity contribution in [1.82, 2.24) is 24.9 Å². The number of piperidine rings is 1. The van der Waals surface area contributed by atoms with Crippen LogP contribution in [0, 0.1) is 12.8 Å². The first-order valence-corrected chi connectivity index (χ1v) is 8.04. The summed E-state index contributed by atoms with van der Waals surface area (Å²) in [6.45, 7) is 4.22. The molecule has 4 rings (SSSR count). The molecular weight excluding hydrogens is 292 g/mol. The summed E-state index contributed by atoms with van der Waals surface area (Å²) in [6.07, 6.45) is 8.50. The minimum atomic E-state index is -0.0426. The Labute approximate surface area is 134 Å². The Morgan fingerprint density at radius 3 is 2.78 bits per heavy atom. The van der Waals surface area contributed by atoms with Crippen LogP contribution in [-0.4, -0.2) is 43.0 Å². The summed E-state index contributed by atoms with van der Waals surface area (Å²) < 4.78 is 1.67. The highest BCUT2D eigenvalue weighted by molar-refractivity contribution is 5.89. The first kappa shape index (κ1) is 14.2. The quantitative estimate of drug-likeness (QED) is 0.923. The molecule has 2 aromatic heterocycles. The average Bonchev–Trinajstić information content (AvgIpc) is 3.02. The number of aryl methyl sites for hydroxylation is 1. The van der Waals surface area contributed by atoms with Crippen LogP contribution in [0.5, 0.6) is 0 Å². The monoisotopic (exact) mass is 312 g/mol. The van der Waals surface area contributed by atoms with Crippen LogP contribution in [0.25, 0.3) is 5.69 Å². The van der Waals surface area contributed by atoms with Gasteiger partial charge in [0.05, 0.1) is 18.1 Å². The fourth-order valence-corrected chi connectivity index (χ4v) is 3.82. The SMILES string of the molecule is Cc1cnc(NC(=O)N2C3CC(C)C[C@@H]2C3)cc1-n1ccnn1. The molecule has 1 N–H and O–H groups in total. The van der Waals surface area contributed by atoms with Crippen molar-refractivity contribution < 1.29 is 4.79 Å². The van der Waals surface area contributed by atoms with Gasteiger partial charge in [0.15, 0.2) is 0 Å². The predicted molar refractivity (Wildman–Crippen MR) is 85.3 cm³/mol. The minimum absolute atomic E-state index is 0.0426. The zero-order chi connectivity index (χ0) is 16.0. The van der Waals surface area contributed by atoms with Gasteiger partial charge in [-0.05, 0) is 37.7 Å². The van der Waals surface area contributed by atoms with E-state index in [1.54, 1.807) is 23.3 Å². The summed E-state index contributed by atoms with van der Waals surface area (Å²) in [5.41, 5.74) is 1.84. The number of pyridine rings is 1. The van der Waals surface area contributed by atoms with Crippen LogP contribution in [-0.2, 0) is 0 Å². The molecule has 4 heterocycles. The van der Waals surface area contributed by atoms with E-state index in [9.17, 15) is 4.79 Å². The zero-order valence-corrected chi connectivity index (χ0v) is 13.3. The molecule has 7 nitrogen and oxygen atoms in total. The number of nitrogens with one attached hydrogen (secondary N) is 1. The fraction of sp³-hybridized carbons (Fsp3) is 0.500. The van der Waals surface area contributed by atoms with Crippen LogP contribution < -0.4 is 5.32 Å². The Kier molecular flexibility index (Phi) is 3.28. The van der Waals surface area contributed by atoms with Crippen molar-refractivity contribution in [3.8, 4) is 5.69 Å². The lowest BCUT2D eigenvalue weighted by Gasteiger charge is -2.54. The van der Waals surface area contributed by atoms with Crippen molar-refractivity contribution in [1.29, 1.82) is 0 Å². The van der Waals surface area contributed by atoms with Gasteiger partial charge in [0.1, 0.15) is 5.82 Å². The van der Waals surface area contributed by atoms with Crippen LogP contribution in [0.15, 0.2) is 24.7 Å². The second kappa shape index (κ2) is 5.33. The van der Waals surface area contributed by atoms with Gasteiger partial charge in [0.2, 0.25) is 0 Å². The van der Waals surface area contributed by atoms with Gasteiger partial charge in [0.25, 0.3) is 0 Å². The topological polar surface area (TPSA) is 75.9 Å². The van der Waals surface area contributed by atoms with E-state index in [1.807, 2.05) is 17.9 Å². The predicted octanol–water partition coefficient (Wildman–Crippen LogP) is 2.38. The largest absolute Gasteiger partial charge is 0.323 e. The summed E-state index contributed by atoms with van der Waals surface area (Å²) in [5.74, 6) is 1.27. The first-order valence-electron chi connectivity index (χ1n) is 8.04. The lowest BCUT2D eigenvalue weighted by atomic mass is 9.74. The maximum atomic E-state index is 12.5. The van der Waals surface area contributed by atoms with Crippen molar-refractivity contribution in [2.24, 2.45) is 5.92 Å². The Morgan fingerprint density at radius 1 is 1.30 bits per heavy atom. The number of rotatable bonds is 2. The highest BCUT2D eigenvalue weighted by atomic mass is 16.2. The van der Waals surface area contributed by atoms with Gasteiger partial charge in [-0.2, -0.15) is 0 Å². The summed E-state index contributed by atoms with van der Waals surface area (Å²) in [4.78, 5) is 18.8. The lowest BCUT2D eigenvalue weighted by Crippen LogP contribution is -2.63. The molecule has 2 aromatic rings. The molecule has 2 unspecified atom stereocenters. The number of anilines is 1. The van der Waals surface area contributed by atoms with E-state index in [-0.39, 0.29) is 6.03 Å². The number of nitrogens with zero attached hydrogens (tertiary/aromatic N) is 5. The lowest BCUT2D eigenvalue weighted by molar-refractivity contribution is -0.00603. The van der Waals surface area contributed by atoms with Crippen LogP contribution in [0.4, 0.5) is 10.6 Å². The second-order valence-corrected chi connectivity index (χ2v) is 6.66. The van der Waals surface area contributed by atoms with Gasteiger partial charge in [0, 0.05) is 24.3 Å². The summed E-state index contributed by atoms with van der Waals surface area (Å²) in [5, 5.41) is 10.8. The van der Waals surface area contributed by atoms with E-state index in [2.05, 4.69) is 27.5 Å². The summed E-state index contributed by atoms with van der Waals surface area (Å²) in [7, 11) is 0. The van der Waals surface area contributed by atoms with Gasteiger partial charge in [-0.15, -0.1) is 5.10 Å². The maximum absolute atomic E-state index is 12.5. The van der Waals surface area contributed by atoms with Gasteiger partial charge in [-0.25, -0.2) is 14.5 Å². The highest BCUT2D eigenvalue weighted by Gasteiger charge is 2.46. The Bertz CT molecular complexity index is 716. The van der Waals surface area contributed by atoms with Crippen LogP contribution >= 0.6 is 0 Å². The van der Waals surface area contributed by atoms with E-state index in [0.29, 0.717) is 17.9 Å². The Morgan fingerprint density at radius 2 is 2.09 bits per heavy atom. The fourth-order valence-electron chi connectivity index (χ4n) is 3.82. The van der Waals surface area contributed by atoms with Crippen molar-refractivity contribution >= 4 is 11.8 Å². The third-order valence-electron chi connectivity index (χ3n) is 4.89. The molecule has 2 fully saturated rings. The van der Waals surface area contributed by atoms with Crippen molar-refractivity contribution in [2.75, 3.05) is 5.32 Å². The molecule has 2 aliphatic rings. The number of carbonyl (C=O) groups excluding carboxylic acids is 1. The van der Waals surface area contributed by atoms with E-state index in [4.69, 9.17) is 0 Å². The van der Waals surface area contributed by atoms with E-state index in [1.165, 1.54) is 0 Å². The molecule has 120 valence electrons. The third kappa shape index (κ3) is 2.46. The van der Waals surface area contributed by atoms with Crippen molar-refractivity contribution in [3.05, 3.63) is 30.2 Å². The van der Waals surface area contributed by atoms with Gasteiger partial charge < -0.3 is 4.90 Å². The van der Waals surface area contributed by atoms with Crippen molar-refractivity contribution in [2.45, 2.75) is 45.2 Å². The molecule has 0 radical (unpaired) electrons. The molecular formula is C16H20N6O. The molecule has 0 spiro atoms. The molecule has 7 heteroatoms. The van der Waals surface area contributed by atoms with Gasteiger partial charge >= 0.3 is 6.03 Å². The molecule has 3 atom stereocenters. The number of carbonyl (C=O) groups is 1. The standard InChI is InChI=1S/C16H20N6O/c1-10-5-12-7-13(6-10)22(12)16(23)19-15-8-14(11(2)9-17-15)21-4-3-18-20-21/h3-4,8-10,12-13H,5-7H2,1-2H3,(H,17,19,23)/t10?,12-,13?/m1/s1. The van der Waals surface area contributed by atoms with Crippen LogP contribution in [0.3, 0.4) is 0 Å². The Balaban J connectivity index is 1.51. The van der Waals surface area contributed by atoms with E-state index >= 15 is 0 Å². The molecule has 0 aromatic carbocycles. The van der Waals surface area contributed by atoms with Crippen molar-refractivity contribution in [3.63, 3.8) is 0 Å². The number of aromatic nitrogens is 4. The number of hydrogen-bond acceptors (Lipinski definition) is 4. The molecule has 0 saturated carbocycles. The number of amides is 2. The number of fused-ring (bicyclic) bond motifs is 2. The Hall–Kier alpha value is -2.44. The third-order valence-corrected chi connectivity index (χ3v) is 4.89. The van der Waals surface area contributed by atoms with E-state index < -0.39 is 0 Å². The molecule has 23 heavy (non-hydrogen) atoms. The van der Waals surface area contributed by atoms with Gasteiger partial charge in [-0.1, -0.05) is 12.1 Å². The molecule has 2 bridgehead atoms. The molecule has 0 aliphatic carbocycles. The van der Waals surface area contributed by atoms with Crippen LogP contribution in [0.2, 0.25) is 0 Å².